The van der Waals surface area contributed by atoms with Crippen LogP contribution in [0, 0.1) is 12.7 Å². The number of hydrogen-bond donors (Lipinski definition) is 1. The van der Waals surface area contributed by atoms with Crippen LogP contribution in [0.1, 0.15) is 16.7 Å². The molecule has 2 aromatic rings. The summed E-state index contributed by atoms with van der Waals surface area (Å²) in [6.45, 7) is 2.51. The minimum Gasteiger partial charge on any atom is -0.354 e. The van der Waals surface area contributed by atoms with E-state index < -0.39 is 15.8 Å². The third kappa shape index (κ3) is 6.24. The Balaban J connectivity index is 1.90. The Morgan fingerprint density at radius 2 is 1.77 bits per heavy atom. The van der Waals surface area contributed by atoms with Crippen molar-refractivity contribution in [2.24, 2.45) is 0 Å². The smallest absolute Gasteiger partial charge is 0.224 e. The molecule has 0 unspecified atom stereocenters. The fourth-order valence-corrected chi connectivity index (χ4v) is 3.26. The maximum absolute atomic E-state index is 13.6. The van der Waals surface area contributed by atoms with Crippen LogP contribution in [0.5, 0.6) is 0 Å². The molecule has 140 valence electrons. The number of nitrogens with zero attached hydrogens (tertiary/aromatic N) is 1. The molecule has 1 N–H and O–H groups in total. The average Bonchev–Trinajstić information content (AvgIpc) is 2.57. The van der Waals surface area contributed by atoms with Gasteiger partial charge in [0.15, 0.2) is 0 Å². The van der Waals surface area contributed by atoms with Gasteiger partial charge >= 0.3 is 0 Å². The molecule has 0 radical (unpaired) electrons. The molecule has 0 heterocycles. The summed E-state index contributed by atoms with van der Waals surface area (Å²) >= 11 is 0. The van der Waals surface area contributed by atoms with Crippen molar-refractivity contribution in [2.75, 3.05) is 19.3 Å². The molecule has 0 saturated heterocycles. The lowest BCUT2D eigenvalue weighted by Gasteiger charge is -2.20. The van der Waals surface area contributed by atoms with E-state index in [1.165, 1.54) is 10.4 Å². The maximum Gasteiger partial charge on any atom is 0.224 e. The first-order chi connectivity index (χ1) is 12.3. The molecule has 0 aliphatic rings. The lowest BCUT2D eigenvalue weighted by atomic mass is 10.1. The quantitative estimate of drug-likeness (QED) is 0.766. The van der Waals surface area contributed by atoms with Crippen LogP contribution in [0.15, 0.2) is 48.5 Å². The van der Waals surface area contributed by atoms with Crippen LogP contribution in [0.4, 0.5) is 4.39 Å². The van der Waals surface area contributed by atoms with Crippen LogP contribution in [-0.4, -0.2) is 38.0 Å². The summed E-state index contributed by atoms with van der Waals surface area (Å²) in [5, 5.41) is 2.64. The number of hydrogen-bond acceptors (Lipinski definition) is 3. The summed E-state index contributed by atoms with van der Waals surface area (Å²) in [5.41, 5.74) is 2.28. The van der Waals surface area contributed by atoms with E-state index in [0.717, 1.165) is 17.4 Å². The summed E-state index contributed by atoms with van der Waals surface area (Å²) in [5.74, 6) is -0.779. The molecule has 1 amide bonds. The Labute approximate surface area is 153 Å². The van der Waals surface area contributed by atoms with Crippen molar-refractivity contribution in [3.8, 4) is 0 Å². The van der Waals surface area contributed by atoms with Gasteiger partial charge in [0.05, 0.1) is 12.7 Å². The van der Waals surface area contributed by atoms with Gasteiger partial charge in [-0.3, -0.25) is 4.79 Å². The second-order valence-corrected chi connectivity index (χ2v) is 8.18. The molecule has 0 bridgehead atoms. The number of nitrogens with one attached hydrogen (secondary N) is 1. The first kappa shape index (κ1) is 20.1. The molecule has 0 atom stereocenters. The van der Waals surface area contributed by atoms with Crippen LogP contribution in [0.25, 0.3) is 0 Å². The number of sulfonamides is 1. The molecule has 0 fully saturated rings. The highest BCUT2D eigenvalue weighted by molar-refractivity contribution is 7.88. The highest BCUT2D eigenvalue weighted by Gasteiger charge is 2.17. The van der Waals surface area contributed by atoms with Crippen LogP contribution < -0.4 is 5.32 Å². The minimum absolute atomic E-state index is 0.0799. The van der Waals surface area contributed by atoms with Gasteiger partial charge in [0.25, 0.3) is 0 Å². The standard InChI is InChI=1S/C19H23FN2O3S/c1-15-7-9-16(10-8-15)14-22(26(2,24)25)12-11-21-19(23)13-17-5-3-4-6-18(17)20/h3-10H,11-14H2,1-2H3,(H,21,23). The number of amides is 1. The number of rotatable bonds is 8. The Kier molecular flexibility index (Phi) is 6.88. The predicted octanol–water partition coefficient (Wildman–Crippen LogP) is 2.25. The summed E-state index contributed by atoms with van der Waals surface area (Å²) in [4.78, 5) is 11.9. The van der Waals surface area contributed by atoms with Gasteiger partial charge in [0, 0.05) is 19.6 Å². The highest BCUT2D eigenvalue weighted by atomic mass is 32.2. The summed E-state index contributed by atoms with van der Waals surface area (Å²) < 4.78 is 38.8. The number of aryl methyl sites for hydroxylation is 1. The first-order valence-electron chi connectivity index (χ1n) is 8.26. The lowest BCUT2D eigenvalue weighted by Crippen LogP contribution is -2.38. The number of carbonyl (C=O) groups is 1. The van der Waals surface area contributed by atoms with E-state index in [-0.39, 0.29) is 32.0 Å². The molecule has 5 nitrogen and oxygen atoms in total. The van der Waals surface area contributed by atoms with Gasteiger partial charge in [-0.25, -0.2) is 12.8 Å². The molecule has 26 heavy (non-hydrogen) atoms. The average molecular weight is 378 g/mol. The highest BCUT2D eigenvalue weighted by Crippen LogP contribution is 2.10. The van der Waals surface area contributed by atoms with E-state index in [2.05, 4.69) is 5.32 Å². The minimum atomic E-state index is -3.41. The Morgan fingerprint density at radius 1 is 1.12 bits per heavy atom. The fraction of sp³-hybridized carbons (Fsp3) is 0.316. The fourth-order valence-electron chi connectivity index (χ4n) is 2.46. The van der Waals surface area contributed by atoms with Gasteiger partial charge in [-0.2, -0.15) is 4.31 Å². The normalized spacial score (nSPS) is 11.5. The summed E-state index contributed by atoms with van der Waals surface area (Å²) in [7, 11) is -3.41. The zero-order valence-corrected chi connectivity index (χ0v) is 15.7. The predicted molar refractivity (Wildman–Crippen MR) is 99.5 cm³/mol. The lowest BCUT2D eigenvalue weighted by molar-refractivity contribution is -0.120. The van der Waals surface area contributed by atoms with E-state index in [0.29, 0.717) is 5.56 Å². The Bertz CT molecular complexity index is 851. The second-order valence-electron chi connectivity index (χ2n) is 6.20. The van der Waals surface area contributed by atoms with Crippen molar-refractivity contribution >= 4 is 15.9 Å². The van der Waals surface area contributed by atoms with E-state index >= 15 is 0 Å². The SMILES string of the molecule is Cc1ccc(CN(CCNC(=O)Cc2ccccc2F)S(C)(=O)=O)cc1. The Hall–Kier alpha value is -2.25. The molecule has 2 aromatic carbocycles. The monoisotopic (exact) mass is 378 g/mol. The molecule has 0 spiro atoms. The van der Waals surface area contributed by atoms with Crippen molar-refractivity contribution < 1.29 is 17.6 Å². The summed E-state index contributed by atoms with van der Waals surface area (Å²) in [6.07, 6.45) is 1.06. The topological polar surface area (TPSA) is 66.5 Å². The number of benzene rings is 2. The van der Waals surface area contributed by atoms with E-state index in [4.69, 9.17) is 0 Å². The van der Waals surface area contributed by atoms with Gasteiger partial charge in [0.1, 0.15) is 5.82 Å². The molecule has 0 aromatic heterocycles. The third-order valence-electron chi connectivity index (χ3n) is 3.94. The van der Waals surface area contributed by atoms with Gasteiger partial charge < -0.3 is 5.32 Å². The van der Waals surface area contributed by atoms with Crippen molar-refractivity contribution in [1.29, 1.82) is 0 Å². The van der Waals surface area contributed by atoms with E-state index in [1.807, 2.05) is 31.2 Å². The molecule has 0 saturated carbocycles. The largest absolute Gasteiger partial charge is 0.354 e. The molecule has 0 aliphatic heterocycles. The van der Waals surface area contributed by atoms with Crippen molar-refractivity contribution in [1.82, 2.24) is 9.62 Å². The van der Waals surface area contributed by atoms with Gasteiger partial charge in [-0.15, -0.1) is 0 Å². The van der Waals surface area contributed by atoms with Gasteiger partial charge in [0.2, 0.25) is 15.9 Å². The third-order valence-corrected chi connectivity index (χ3v) is 5.19. The van der Waals surface area contributed by atoms with Crippen LogP contribution >= 0.6 is 0 Å². The van der Waals surface area contributed by atoms with Gasteiger partial charge in [-0.05, 0) is 24.1 Å². The van der Waals surface area contributed by atoms with Crippen molar-refractivity contribution in [2.45, 2.75) is 19.9 Å². The second kappa shape index (κ2) is 8.91. The van der Waals surface area contributed by atoms with Crippen LogP contribution in [0.2, 0.25) is 0 Å². The van der Waals surface area contributed by atoms with Gasteiger partial charge in [-0.1, -0.05) is 48.0 Å². The number of carbonyl (C=O) groups excluding carboxylic acids is 1. The summed E-state index contributed by atoms with van der Waals surface area (Å²) in [6, 6.07) is 13.7. The van der Waals surface area contributed by atoms with Crippen LogP contribution in [-0.2, 0) is 27.8 Å². The zero-order valence-electron chi connectivity index (χ0n) is 14.9. The maximum atomic E-state index is 13.6. The Morgan fingerprint density at radius 3 is 2.38 bits per heavy atom. The molecule has 2 rings (SSSR count). The van der Waals surface area contributed by atoms with Crippen molar-refractivity contribution in [3.63, 3.8) is 0 Å². The first-order valence-corrected chi connectivity index (χ1v) is 10.1. The zero-order chi connectivity index (χ0) is 19.2. The molecular formula is C19H23FN2O3S. The molecular weight excluding hydrogens is 355 g/mol. The van der Waals surface area contributed by atoms with Crippen molar-refractivity contribution in [3.05, 3.63) is 71.0 Å². The van der Waals surface area contributed by atoms with Crippen LogP contribution in [0.3, 0.4) is 0 Å². The van der Waals surface area contributed by atoms with E-state index in [9.17, 15) is 17.6 Å². The number of halogens is 1. The molecule has 7 heteroatoms. The molecule has 0 aliphatic carbocycles. The van der Waals surface area contributed by atoms with E-state index in [1.54, 1.807) is 18.2 Å².